The van der Waals surface area contributed by atoms with Gasteiger partial charge in [-0.3, -0.25) is 10.1 Å². The highest BCUT2D eigenvalue weighted by atomic mass is 19.2. The molecule has 1 aromatic heterocycles. The third kappa shape index (κ3) is 8.38. The summed E-state index contributed by atoms with van der Waals surface area (Å²) in [6.45, 7) is 0.756. The van der Waals surface area contributed by atoms with E-state index in [1.54, 1.807) is 12.1 Å². The molecule has 0 amide bonds. The van der Waals surface area contributed by atoms with Gasteiger partial charge in [0.15, 0.2) is 82.0 Å². The molecule has 7 aromatic carbocycles. The molecule has 372 valence electrons. The van der Waals surface area contributed by atoms with Gasteiger partial charge in [0.1, 0.15) is 52.7 Å². The molecule has 4 nitrogen and oxygen atoms in total. The largest absolute Gasteiger partial charge is 0.269 e. The van der Waals surface area contributed by atoms with Crippen molar-refractivity contribution in [3.63, 3.8) is 0 Å². The molecule has 0 spiro atoms. The monoisotopic (exact) mass is 1030 g/mol. The van der Waals surface area contributed by atoms with Gasteiger partial charge in [-0.05, 0) is 17.7 Å². The van der Waals surface area contributed by atoms with Gasteiger partial charge in [-0.1, -0.05) is 54.6 Å². The Balaban J connectivity index is 0.000000238. The Hall–Kier alpha value is -7.99. The zero-order valence-electron chi connectivity index (χ0n) is 34.9. The predicted molar refractivity (Wildman–Crippen MR) is 215 cm³/mol. The zero-order chi connectivity index (χ0) is 53.0. The van der Waals surface area contributed by atoms with Gasteiger partial charge in [-0.2, -0.15) is 4.57 Å². The zero-order valence-corrected chi connectivity index (χ0v) is 34.9. The van der Waals surface area contributed by atoms with Crippen molar-refractivity contribution >= 4 is 44.6 Å². The number of para-hydroxylation sites is 1. The van der Waals surface area contributed by atoms with E-state index >= 15 is 35.1 Å². The minimum atomic E-state index is -7.22. The standard InChI is InChI=1S/C24BF20.C23H19N2O2/c26-5-1(6(27)14(35)21(42)13(5)34)25(2-7(28)15(36)22(43)16(37)8(2)29,3-9(30)17(38)23(44)18(39)10(3)31)4-11(32)19(40)24(45)20(41)12(4)33;26-25(27)22-11-6-9-19(16-22)15-21-14-13-20-10-4-5-12-23(20)24(21)17-18-7-2-1-3-8-18/h;1-14,16H,15,17H2/q-1;+1. The van der Waals surface area contributed by atoms with Crippen molar-refractivity contribution in [3.05, 3.63) is 234 Å². The molecule has 0 saturated carbocycles. The number of hydrogen-bond acceptors (Lipinski definition) is 2. The Morgan fingerprint density at radius 3 is 1.08 bits per heavy atom. The highest BCUT2D eigenvalue weighted by Crippen LogP contribution is 2.31. The number of nitro groups is 1. The number of benzene rings is 7. The Bertz CT molecular complexity index is 3140. The summed E-state index contributed by atoms with van der Waals surface area (Å²) in [6, 6.07) is 29.7. The number of non-ortho nitro benzene ring substituents is 1. The van der Waals surface area contributed by atoms with Crippen molar-refractivity contribution in [2.75, 3.05) is 0 Å². The Morgan fingerprint density at radius 2 is 0.708 bits per heavy atom. The molecule has 0 aliphatic rings. The van der Waals surface area contributed by atoms with Crippen molar-refractivity contribution in [1.82, 2.24) is 0 Å². The molecule has 0 fully saturated rings. The van der Waals surface area contributed by atoms with E-state index in [1.165, 1.54) is 17.0 Å². The molecule has 72 heavy (non-hydrogen) atoms. The molecule has 0 bridgehead atoms. The van der Waals surface area contributed by atoms with E-state index in [9.17, 15) is 62.8 Å². The molecule has 0 radical (unpaired) electrons. The fourth-order valence-corrected chi connectivity index (χ4v) is 8.28. The summed E-state index contributed by atoms with van der Waals surface area (Å²) in [6.07, 6.45) is -6.58. The van der Waals surface area contributed by atoms with Gasteiger partial charge in [-0.25, -0.2) is 87.8 Å². The van der Waals surface area contributed by atoms with Crippen LogP contribution in [0.15, 0.2) is 91.0 Å². The van der Waals surface area contributed by atoms with E-state index in [0.717, 1.165) is 23.3 Å². The number of aromatic nitrogens is 1. The van der Waals surface area contributed by atoms with Gasteiger partial charge in [-0.15, -0.1) is 21.9 Å². The number of rotatable bonds is 9. The van der Waals surface area contributed by atoms with Crippen LogP contribution in [0.1, 0.15) is 16.8 Å². The van der Waals surface area contributed by atoms with E-state index in [0.29, 0.717) is 6.42 Å². The van der Waals surface area contributed by atoms with Gasteiger partial charge < -0.3 is 0 Å². The van der Waals surface area contributed by atoms with Crippen LogP contribution < -0.4 is 26.4 Å². The summed E-state index contributed by atoms with van der Waals surface area (Å²) in [7, 11) is 0. The first-order valence-electron chi connectivity index (χ1n) is 19.8. The second-order valence-electron chi connectivity index (χ2n) is 15.4. The number of nitrogens with zero attached hydrogens (tertiary/aromatic N) is 2. The van der Waals surface area contributed by atoms with Crippen molar-refractivity contribution in [2.24, 2.45) is 0 Å². The fraction of sp³-hybridized carbons (Fsp3) is 0.0426. The lowest BCUT2D eigenvalue weighted by atomic mass is 9.12. The molecular weight excluding hydrogens is 1020 g/mol. The first-order chi connectivity index (χ1) is 33.9. The molecular formula is C47H19BF20N2O2. The average Bonchev–Trinajstić information content (AvgIpc) is 3.37. The second kappa shape index (κ2) is 19.7. The van der Waals surface area contributed by atoms with E-state index in [1.807, 2.05) is 36.4 Å². The number of fused-ring (bicyclic) bond motifs is 1. The van der Waals surface area contributed by atoms with Crippen molar-refractivity contribution in [1.29, 1.82) is 0 Å². The van der Waals surface area contributed by atoms with Crippen LogP contribution in [-0.4, -0.2) is 11.1 Å². The van der Waals surface area contributed by atoms with Crippen LogP contribution in [-0.2, 0) is 13.0 Å². The average molecular weight is 1030 g/mol. The van der Waals surface area contributed by atoms with Gasteiger partial charge in [0.25, 0.3) is 5.69 Å². The maximum absolute atomic E-state index is 15.4. The van der Waals surface area contributed by atoms with Gasteiger partial charge in [0.05, 0.1) is 11.3 Å². The maximum atomic E-state index is 15.4. The summed E-state index contributed by atoms with van der Waals surface area (Å²) in [4.78, 5) is 10.7. The third-order valence-electron chi connectivity index (χ3n) is 11.4. The van der Waals surface area contributed by atoms with Gasteiger partial charge >= 0.3 is 0 Å². The third-order valence-corrected chi connectivity index (χ3v) is 11.4. The lowest BCUT2D eigenvalue weighted by Gasteiger charge is -2.44. The molecule has 1 heterocycles. The van der Waals surface area contributed by atoms with E-state index in [-0.39, 0.29) is 10.6 Å². The molecule has 25 heteroatoms. The summed E-state index contributed by atoms with van der Waals surface area (Å²) >= 11 is 0. The first-order valence-corrected chi connectivity index (χ1v) is 19.8. The Morgan fingerprint density at radius 1 is 0.375 bits per heavy atom. The van der Waals surface area contributed by atoms with Crippen LogP contribution >= 0.6 is 0 Å². The summed E-state index contributed by atoms with van der Waals surface area (Å²) < 4.78 is 296. The molecule has 8 aromatic rings. The normalized spacial score (nSPS) is 11.6. The number of halogens is 20. The van der Waals surface area contributed by atoms with Crippen molar-refractivity contribution < 1.29 is 97.3 Å². The minimum Gasteiger partial charge on any atom is -0.258 e. The second-order valence-corrected chi connectivity index (χ2v) is 15.4. The van der Waals surface area contributed by atoms with Crippen LogP contribution in [0.2, 0.25) is 0 Å². The highest BCUT2D eigenvalue weighted by Gasteiger charge is 2.52. The molecule has 0 aliphatic carbocycles. The molecule has 0 saturated heterocycles. The Labute approximate surface area is 388 Å². The lowest BCUT2D eigenvalue weighted by molar-refractivity contribution is -0.669. The number of pyridine rings is 1. The van der Waals surface area contributed by atoms with Crippen LogP contribution in [0.5, 0.6) is 0 Å². The lowest BCUT2D eigenvalue weighted by Crippen LogP contribution is -2.81. The van der Waals surface area contributed by atoms with E-state index < -0.39 is 144 Å². The molecule has 0 N–H and O–H groups in total. The van der Waals surface area contributed by atoms with Crippen LogP contribution in [0, 0.1) is 126 Å². The fourth-order valence-electron chi connectivity index (χ4n) is 8.28. The highest BCUT2D eigenvalue weighted by molar-refractivity contribution is 7.20. The predicted octanol–water partition coefficient (Wildman–Crippen LogP) is 10.5. The van der Waals surface area contributed by atoms with Crippen LogP contribution in [0.3, 0.4) is 0 Å². The van der Waals surface area contributed by atoms with Crippen molar-refractivity contribution in [2.45, 2.75) is 13.0 Å². The van der Waals surface area contributed by atoms with Gasteiger partial charge in [0, 0.05) is 35.2 Å². The molecule has 8 rings (SSSR count). The van der Waals surface area contributed by atoms with E-state index in [4.69, 9.17) is 0 Å². The summed E-state index contributed by atoms with van der Waals surface area (Å²) in [5, 5.41) is 12.3. The number of hydrogen-bond donors (Lipinski definition) is 0. The van der Waals surface area contributed by atoms with Gasteiger partial charge in [0.2, 0.25) is 5.52 Å². The molecule has 0 atom stereocenters. The quantitative estimate of drug-likeness (QED) is 0.0275. The molecule has 0 aliphatic heterocycles. The summed E-state index contributed by atoms with van der Waals surface area (Å²) in [5.41, 5.74) is -9.77. The maximum Gasteiger partial charge on any atom is 0.269 e. The Kier molecular flexibility index (Phi) is 14.2. The summed E-state index contributed by atoms with van der Waals surface area (Å²) in [5.74, 6) is -71.4. The van der Waals surface area contributed by atoms with Crippen LogP contribution in [0.25, 0.3) is 10.9 Å². The number of nitro benzene ring substituents is 1. The minimum absolute atomic E-state index is 0.128. The van der Waals surface area contributed by atoms with Crippen molar-refractivity contribution in [3.8, 4) is 0 Å². The van der Waals surface area contributed by atoms with E-state index in [2.05, 4.69) is 41.0 Å². The first kappa shape index (κ1) is 51.9. The molecule has 0 unspecified atom stereocenters. The smallest absolute Gasteiger partial charge is 0.258 e. The SMILES string of the molecule is Fc1c(F)c(F)c([B-](c2c(F)c(F)c(F)c(F)c2F)(c2c(F)c(F)c(F)c(F)c2F)c2c(F)c(F)c(F)c(F)c2F)c(F)c1F.O=[N+]([O-])c1cccc(Cc2ccc3ccccc3[n+]2Cc2ccccc2)c1. The topological polar surface area (TPSA) is 47.0 Å². The van der Waals surface area contributed by atoms with Crippen LogP contribution in [0.4, 0.5) is 93.5 Å².